The third kappa shape index (κ3) is 19.2. The molecule has 504 valence electrons. The van der Waals surface area contributed by atoms with E-state index in [1.165, 1.54) is 22.5 Å². The van der Waals surface area contributed by atoms with E-state index in [-0.39, 0.29) is 35.7 Å². The quantitative estimate of drug-likeness (QED) is 0.0573. The van der Waals surface area contributed by atoms with Crippen molar-refractivity contribution in [1.29, 1.82) is 0 Å². The molecule has 0 radical (unpaired) electrons. The van der Waals surface area contributed by atoms with Crippen LogP contribution >= 0.6 is 11.3 Å². The normalized spacial score (nSPS) is 12.8. The van der Waals surface area contributed by atoms with Gasteiger partial charge in [0.05, 0.1) is 6.26 Å². The smallest absolute Gasteiger partial charge is 0.434 e. The fraction of sp³-hybridized carbons (Fsp3) is 0.400. The maximum Gasteiger partial charge on any atom is 0.434 e. The first-order valence-corrected chi connectivity index (χ1v) is 28.4. The standard InChI is InChI=1S/C19H19F6N5O.C18H17F6N5O2.C18H17F6N5OS/c1-3-30(4-2)16-27-15(26-13-9-8-11-6-5-7-12(11)10-13)28-17(29-16)31-14(18(20,21)22)19(23,24)25;1-3-29(4-2)15-26-14(25-11-6-5-10-7-8-30-12(10)9-11)27-16(28-15)31-13(17(19,20)21)18(22,23)24;1-3-29(4-2)15-26-14(25-11-6-5-10-7-8-31-12(10)9-11)27-16(28-15)30-13(17(19,20)21)18(22,23)24/h5,7-10,14H,3-4,6H2,1-2H3,(H,26,27,28,29);2*5-9,13H,3-4H2,1-2H3,(H,25,26,27,28). The van der Waals surface area contributed by atoms with Gasteiger partial charge in [-0.25, -0.2) is 0 Å². The Morgan fingerprint density at radius 1 is 0.441 bits per heavy atom. The summed E-state index contributed by atoms with van der Waals surface area (Å²) in [5.41, 5.74) is 3.94. The number of furan rings is 1. The third-order valence-electron chi connectivity index (χ3n) is 12.9. The van der Waals surface area contributed by atoms with Crippen LogP contribution in [0.25, 0.3) is 27.1 Å². The summed E-state index contributed by atoms with van der Waals surface area (Å²) in [6.45, 7) is 12.5. The number of anilines is 9. The van der Waals surface area contributed by atoms with Gasteiger partial charge in [0.2, 0.25) is 35.7 Å². The highest BCUT2D eigenvalue weighted by atomic mass is 32.1. The number of fused-ring (bicyclic) bond motifs is 3. The van der Waals surface area contributed by atoms with Crippen LogP contribution in [0.3, 0.4) is 0 Å². The fourth-order valence-electron chi connectivity index (χ4n) is 8.36. The zero-order valence-corrected chi connectivity index (χ0v) is 49.9. The molecule has 9 rings (SSSR count). The Morgan fingerprint density at radius 2 is 0.806 bits per heavy atom. The van der Waals surface area contributed by atoms with Gasteiger partial charge in [0, 0.05) is 72.5 Å². The summed E-state index contributed by atoms with van der Waals surface area (Å²) in [5, 5.41) is 12.0. The van der Waals surface area contributed by atoms with Crippen LogP contribution in [-0.2, 0) is 6.42 Å². The SMILES string of the molecule is CCN(CC)c1nc(Nc2ccc3c(c2)C=CC3)nc(OC(C(F)(F)F)C(F)(F)F)n1.CCN(CC)c1nc(Nc2ccc3ccoc3c2)nc(OC(C(F)(F)F)C(F)(F)F)n1.CCN(CC)c1nc(Nc2ccc3ccsc3c2)nc(OC(C(F)(F)F)C(F)(F)F)n1. The predicted molar refractivity (Wildman–Crippen MR) is 307 cm³/mol. The predicted octanol–water partition coefficient (Wildman–Crippen LogP) is 15.5. The maximum atomic E-state index is 12.9. The van der Waals surface area contributed by atoms with Crippen molar-refractivity contribution in [3.8, 4) is 18.0 Å². The molecule has 0 saturated carbocycles. The molecule has 1 aliphatic carbocycles. The van der Waals surface area contributed by atoms with Gasteiger partial charge in [-0.1, -0.05) is 24.3 Å². The van der Waals surface area contributed by atoms with Crippen LogP contribution in [0.4, 0.5) is 132 Å². The Hall–Kier alpha value is -9.13. The van der Waals surface area contributed by atoms with E-state index in [9.17, 15) is 79.0 Å². The number of ether oxygens (including phenoxy) is 3. The van der Waals surface area contributed by atoms with Crippen LogP contribution in [-0.4, -0.2) is 139 Å². The topological polar surface area (TPSA) is 203 Å². The minimum Gasteiger partial charge on any atom is -0.464 e. The van der Waals surface area contributed by atoms with E-state index in [0.717, 1.165) is 33.0 Å². The number of allylic oxidation sites excluding steroid dienone is 1. The molecule has 93 heavy (non-hydrogen) atoms. The Morgan fingerprint density at radius 3 is 1.19 bits per heavy atom. The molecule has 38 heteroatoms. The monoisotopic (exact) mass is 1360 g/mol. The van der Waals surface area contributed by atoms with Crippen molar-refractivity contribution in [2.24, 2.45) is 0 Å². The van der Waals surface area contributed by atoms with Crippen molar-refractivity contribution in [3.63, 3.8) is 0 Å². The molecule has 8 aromatic rings. The van der Waals surface area contributed by atoms with Gasteiger partial charge in [0.15, 0.2) is 0 Å². The van der Waals surface area contributed by atoms with Crippen LogP contribution < -0.4 is 44.9 Å². The number of nitrogens with one attached hydrogen (secondary N) is 3. The lowest BCUT2D eigenvalue weighted by molar-refractivity contribution is -0.302. The number of halogens is 18. The van der Waals surface area contributed by atoms with Crippen LogP contribution in [0, 0.1) is 0 Å². The molecule has 0 saturated heterocycles. The van der Waals surface area contributed by atoms with Crippen LogP contribution in [0.15, 0.2) is 88.9 Å². The summed E-state index contributed by atoms with van der Waals surface area (Å²) in [4.78, 5) is 38.8. The summed E-state index contributed by atoms with van der Waals surface area (Å²) in [5.74, 6) is -1.14. The van der Waals surface area contributed by atoms with Gasteiger partial charge in [-0.3, -0.25) is 0 Å². The van der Waals surface area contributed by atoms with Gasteiger partial charge in [0.25, 0.3) is 18.3 Å². The number of aromatic nitrogens is 9. The number of nitrogens with zero attached hydrogens (tertiary/aromatic N) is 12. The molecule has 0 bridgehead atoms. The second-order valence-electron chi connectivity index (χ2n) is 19.2. The summed E-state index contributed by atoms with van der Waals surface area (Å²) in [6, 6.07) is 15.8. The molecule has 0 spiro atoms. The van der Waals surface area contributed by atoms with Crippen LogP contribution in [0.5, 0.6) is 18.0 Å². The van der Waals surface area contributed by atoms with Crippen molar-refractivity contribution >= 4 is 91.2 Å². The molecule has 0 amide bonds. The first kappa shape index (κ1) is 71.3. The first-order chi connectivity index (χ1) is 43.5. The van der Waals surface area contributed by atoms with Gasteiger partial charge in [-0.2, -0.15) is 124 Å². The van der Waals surface area contributed by atoms with E-state index >= 15 is 0 Å². The fourth-order valence-corrected chi connectivity index (χ4v) is 9.19. The van der Waals surface area contributed by atoms with E-state index in [0.29, 0.717) is 61.9 Å². The number of hydrogen-bond donors (Lipinski definition) is 3. The first-order valence-electron chi connectivity index (χ1n) is 27.5. The summed E-state index contributed by atoms with van der Waals surface area (Å²) >= 11 is 1.47. The lowest BCUT2D eigenvalue weighted by Crippen LogP contribution is -2.47. The summed E-state index contributed by atoms with van der Waals surface area (Å²) in [7, 11) is 0. The Bertz CT molecular complexity index is 3590. The molecular formula is C55H53F18N15O4S. The molecule has 1 aliphatic rings. The number of benzene rings is 3. The molecule has 3 N–H and O–H groups in total. The van der Waals surface area contributed by atoms with Gasteiger partial charge >= 0.3 is 55.1 Å². The summed E-state index contributed by atoms with van der Waals surface area (Å²) < 4.78 is 251. The molecule has 5 aromatic heterocycles. The summed E-state index contributed by atoms with van der Waals surface area (Å²) in [6.07, 6.45) is -40.3. The highest BCUT2D eigenvalue weighted by Crippen LogP contribution is 2.40. The van der Waals surface area contributed by atoms with E-state index < -0.39 is 73.4 Å². The van der Waals surface area contributed by atoms with Crippen molar-refractivity contribution in [1.82, 2.24) is 44.9 Å². The zero-order chi connectivity index (χ0) is 68.4. The Balaban J connectivity index is 0.000000198. The minimum atomic E-state index is -5.71. The van der Waals surface area contributed by atoms with E-state index in [2.05, 4.69) is 75.0 Å². The second kappa shape index (κ2) is 29.2. The van der Waals surface area contributed by atoms with E-state index in [4.69, 9.17) is 4.42 Å². The van der Waals surface area contributed by atoms with Crippen molar-refractivity contribution in [2.45, 2.75) is 103 Å². The van der Waals surface area contributed by atoms with Gasteiger partial charge in [-0.15, -0.1) is 11.3 Å². The number of alkyl halides is 18. The number of thiophene rings is 1. The van der Waals surface area contributed by atoms with Gasteiger partial charge < -0.3 is 49.3 Å². The average molecular weight is 1360 g/mol. The van der Waals surface area contributed by atoms with Crippen LogP contribution in [0.2, 0.25) is 0 Å². The van der Waals surface area contributed by atoms with Gasteiger partial charge in [0.1, 0.15) is 5.58 Å². The molecule has 19 nitrogen and oxygen atoms in total. The molecule has 5 heterocycles. The molecule has 3 aromatic carbocycles. The van der Waals surface area contributed by atoms with Crippen molar-refractivity contribution in [3.05, 3.63) is 95.6 Å². The van der Waals surface area contributed by atoms with Gasteiger partial charge in [-0.05, 0) is 118 Å². The largest absolute Gasteiger partial charge is 0.464 e. The molecule has 0 atom stereocenters. The molecular weight excluding hydrogens is 1310 g/mol. The molecule has 0 fully saturated rings. The minimum absolute atomic E-state index is 0.110. The van der Waals surface area contributed by atoms with E-state index in [1.54, 1.807) is 106 Å². The Labute approximate surface area is 519 Å². The third-order valence-corrected chi connectivity index (χ3v) is 13.7. The molecule has 0 aliphatic heterocycles. The number of hydrogen-bond acceptors (Lipinski definition) is 20. The second-order valence-corrected chi connectivity index (χ2v) is 20.2. The lowest BCUT2D eigenvalue weighted by Gasteiger charge is -2.24. The van der Waals surface area contributed by atoms with Crippen molar-refractivity contribution < 1.29 is 97.7 Å². The average Bonchev–Trinajstić information content (AvgIpc) is 1.47. The maximum absolute atomic E-state index is 12.9. The van der Waals surface area contributed by atoms with Crippen LogP contribution in [0.1, 0.15) is 52.7 Å². The highest BCUT2D eigenvalue weighted by Gasteiger charge is 2.61. The zero-order valence-electron chi connectivity index (χ0n) is 49.1. The van der Waals surface area contributed by atoms with E-state index in [1.807, 2.05) is 29.7 Å². The number of rotatable bonds is 21. The lowest BCUT2D eigenvalue weighted by atomic mass is 10.1. The Kier molecular flexibility index (Phi) is 22.4. The highest BCUT2D eigenvalue weighted by molar-refractivity contribution is 7.17. The van der Waals surface area contributed by atoms with Crippen molar-refractivity contribution in [2.75, 3.05) is 69.9 Å². The molecule has 0 unspecified atom stereocenters.